The number of allylic oxidation sites excluding steroid dienone is 5. The summed E-state index contributed by atoms with van der Waals surface area (Å²) in [6, 6.07) is 0. The minimum Gasteiger partial charge on any atom is -0.550 e. The maximum atomic E-state index is 10.6. The molecule has 30 heavy (non-hydrogen) atoms. The van der Waals surface area contributed by atoms with Crippen molar-refractivity contribution in [3.8, 4) is 0 Å². The average molecular weight is 429 g/mol. The molecule has 0 aromatic carbocycles. The molecule has 2 saturated heterocycles. The van der Waals surface area contributed by atoms with E-state index in [2.05, 4.69) is 30.9 Å². The molecule has 2 aliphatic heterocycles. The minimum absolute atomic E-state index is 0. The molecule has 0 N–H and O–H groups in total. The zero-order chi connectivity index (χ0) is 20.7. The first-order valence-corrected chi connectivity index (χ1v) is 11.3. The van der Waals surface area contributed by atoms with Gasteiger partial charge in [-0.2, -0.15) is 0 Å². The van der Waals surface area contributed by atoms with E-state index in [-0.39, 0.29) is 48.2 Å². The summed E-state index contributed by atoms with van der Waals surface area (Å²) in [5.74, 6) is -1.10. The van der Waals surface area contributed by atoms with Crippen molar-refractivity contribution in [1.82, 2.24) is 0 Å². The third-order valence-electron chi connectivity index (χ3n) is 5.61. The number of carbonyl (C=O) groups excluding carboxylic acids is 1. The standard InChI is InChI=1S/C24H38O5.Na/c1-2-3-4-5-6-7-8-9-10-11-12-13-14-20-15-17-22(27-20)23-18-16-21(28-29-23)19-24(25)26;/h2,5-8,20-23H,1,3-4,9-19H2,(H,25,26);/q;+1/p-1/b6-5-,8-7-;/t20-,21+,22+,23+;/m1./s1. The van der Waals surface area contributed by atoms with Crippen molar-refractivity contribution < 1.29 is 54.0 Å². The summed E-state index contributed by atoms with van der Waals surface area (Å²) in [5.41, 5.74) is 0. The molecule has 4 atom stereocenters. The second-order valence-electron chi connectivity index (χ2n) is 8.09. The zero-order valence-electron chi connectivity index (χ0n) is 18.6. The summed E-state index contributed by atoms with van der Waals surface area (Å²) in [6.07, 6.45) is 23.4. The van der Waals surface area contributed by atoms with Crippen molar-refractivity contribution in [2.75, 3.05) is 0 Å². The van der Waals surface area contributed by atoms with Gasteiger partial charge in [-0.25, -0.2) is 9.78 Å². The number of hydrogen-bond acceptors (Lipinski definition) is 5. The Balaban J connectivity index is 0.00000450. The van der Waals surface area contributed by atoms with Gasteiger partial charge in [-0.15, -0.1) is 6.58 Å². The Kier molecular flexibility index (Phi) is 15.8. The summed E-state index contributed by atoms with van der Waals surface area (Å²) >= 11 is 0. The summed E-state index contributed by atoms with van der Waals surface area (Å²) in [6.45, 7) is 3.72. The Labute approximate surface area is 204 Å². The van der Waals surface area contributed by atoms with Crippen LogP contribution in [0.2, 0.25) is 0 Å². The molecule has 6 heteroatoms. The summed E-state index contributed by atoms with van der Waals surface area (Å²) in [7, 11) is 0. The van der Waals surface area contributed by atoms with Crippen LogP contribution in [0.3, 0.4) is 0 Å². The SMILES string of the molecule is C=CCC/C=C\C=C/CCCCCC[C@@H]1CC[C@@H]([C@@H]2CC[C@@H](CC(=O)[O-])OO2)O1.[Na+]. The van der Waals surface area contributed by atoms with Gasteiger partial charge < -0.3 is 14.6 Å². The summed E-state index contributed by atoms with van der Waals surface area (Å²) in [5, 5.41) is 10.6. The molecule has 2 fully saturated rings. The molecule has 2 heterocycles. The van der Waals surface area contributed by atoms with Crippen LogP contribution in [0.5, 0.6) is 0 Å². The summed E-state index contributed by atoms with van der Waals surface area (Å²) < 4.78 is 6.16. The van der Waals surface area contributed by atoms with Gasteiger partial charge in [0.25, 0.3) is 0 Å². The van der Waals surface area contributed by atoms with Gasteiger partial charge in [-0.1, -0.05) is 49.6 Å². The van der Waals surface area contributed by atoms with Crippen LogP contribution >= 0.6 is 0 Å². The largest absolute Gasteiger partial charge is 1.00 e. The van der Waals surface area contributed by atoms with E-state index in [0.717, 1.165) is 44.9 Å². The monoisotopic (exact) mass is 428 g/mol. The molecule has 0 amide bonds. The predicted molar refractivity (Wildman–Crippen MR) is 112 cm³/mol. The molecule has 0 radical (unpaired) electrons. The van der Waals surface area contributed by atoms with Gasteiger partial charge in [0.1, 0.15) is 6.10 Å². The predicted octanol–water partition coefficient (Wildman–Crippen LogP) is 1.58. The molecule has 2 aliphatic rings. The minimum atomic E-state index is -1.10. The number of ether oxygens (including phenoxy) is 1. The van der Waals surface area contributed by atoms with Crippen LogP contribution in [0.15, 0.2) is 37.0 Å². The molecule has 0 unspecified atom stereocenters. The second kappa shape index (κ2) is 17.2. The van der Waals surface area contributed by atoms with Crippen molar-refractivity contribution >= 4 is 5.97 Å². The second-order valence-corrected chi connectivity index (χ2v) is 8.09. The van der Waals surface area contributed by atoms with Crippen LogP contribution in [-0.2, 0) is 19.3 Å². The van der Waals surface area contributed by atoms with E-state index in [0.29, 0.717) is 12.5 Å². The number of hydrogen-bond donors (Lipinski definition) is 0. The number of aliphatic carboxylic acids is 1. The number of carboxylic acid groups (broad SMARTS) is 1. The van der Waals surface area contributed by atoms with Crippen molar-refractivity contribution in [1.29, 1.82) is 0 Å². The van der Waals surface area contributed by atoms with Crippen LogP contribution in [0.1, 0.15) is 83.5 Å². The third kappa shape index (κ3) is 11.8. The van der Waals surface area contributed by atoms with Crippen molar-refractivity contribution in [2.24, 2.45) is 0 Å². The summed E-state index contributed by atoms with van der Waals surface area (Å²) in [4.78, 5) is 21.2. The van der Waals surface area contributed by atoms with Gasteiger partial charge in [0.05, 0.1) is 18.3 Å². The Hall–Kier alpha value is -0.430. The van der Waals surface area contributed by atoms with E-state index in [1.165, 1.54) is 25.7 Å². The van der Waals surface area contributed by atoms with Gasteiger partial charge in [0, 0.05) is 12.4 Å². The van der Waals surface area contributed by atoms with Gasteiger partial charge >= 0.3 is 29.6 Å². The molecule has 2 rings (SSSR count). The fraction of sp³-hybridized carbons (Fsp3) is 0.708. The van der Waals surface area contributed by atoms with Crippen LogP contribution in [0.25, 0.3) is 0 Å². The number of unbranched alkanes of at least 4 members (excludes halogenated alkanes) is 5. The first kappa shape index (κ1) is 27.6. The molecule has 0 bridgehead atoms. The maximum absolute atomic E-state index is 10.6. The molecule has 0 spiro atoms. The van der Waals surface area contributed by atoms with Crippen molar-refractivity contribution in [2.45, 2.75) is 108 Å². The van der Waals surface area contributed by atoms with Gasteiger partial charge in [-0.05, 0) is 57.8 Å². The Morgan fingerprint density at radius 2 is 1.57 bits per heavy atom. The van der Waals surface area contributed by atoms with Crippen LogP contribution in [0, 0.1) is 0 Å². The number of carbonyl (C=O) groups is 1. The van der Waals surface area contributed by atoms with Crippen LogP contribution in [-0.4, -0.2) is 30.4 Å². The Morgan fingerprint density at radius 3 is 2.27 bits per heavy atom. The van der Waals surface area contributed by atoms with Crippen molar-refractivity contribution in [3.63, 3.8) is 0 Å². The van der Waals surface area contributed by atoms with E-state index < -0.39 is 12.1 Å². The van der Waals surface area contributed by atoms with Gasteiger partial charge in [0.2, 0.25) is 0 Å². The average Bonchev–Trinajstić information content (AvgIpc) is 3.18. The molecule has 0 aliphatic carbocycles. The van der Waals surface area contributed by atoms with E-state index in [9.17, 15) is 9.90 Å². The van der Waals surface area contributed by atoms with E-state index in [1.54, 1.807) is 0 Å². The maximum Gasteiger partial charge on any atom is 1.00 e. The van der Waals surface area contributed by atoms with Crippen LogP contribution in [0.4, 0.5) is 0 Å². The smallest absolute Gasteiger partial charge is 0.550 e. The Bertz CT molecular complexity index is 526. The quantitative estimate of drug-likeness (QED) is 0.138. The van der Waals surface area contributed by atoms with E-state index in [1.807, 2.05) is 6.08 Å². The molecular formula is C24H37NaO5. The number of carboxylic acids is 1. The van der Waals surface area contributed by atoms with Crippen molar-refractivity contribution in [3.05, 3.63) is 37.0 Å². The normalized spacial score (nSPS) is 26.8. The molecular weight excluding hydrogens is 391 g/mol. The zero-order valence-corrected chi connectivity index (χ0v) is 20.6. The number of rotatable bonds is 14. The van der Waals surface area contributed by atoms with Crippen LogP contribution < -0.4 is 34.7 Å². The van der Waals surface area contributed by atoms with E-state index in [4.69, 9.17) is 14.5 Å². The molecule has 0 aromatic heterocycles. The molecule has 0 saturated carbocycles. The first-order valence-electron chi connectivity index (χ1n) is 11.3. The van der Waals surface area contributed by atoms with E-state index >= 15 is 0 Å². The molecule has 5 nitrogen and oxygen atoms in total. The first-order chi connectivity index (χ1) is 14.2. The molecule has 164 valence electrons. The molecule has 0 aromatic rings. The fourth-order valence-electron chi connectivity index (χ4n) is 3.94. The Morgan fingerprint density at radius 1 is 0.867 bits per heavy atom. The topological polar surface area (TPSA) is 67.8 Å². The van der Waals surface area contributed by atoms with Gasteiger partial charge in [-0.3, -0.25) is 0 Å². The van der Waals surface area contributed by atoms with Gasteiger partial charge in [0.15, 0.2) is 0 Å². The fourth-order valence-corrected chi connectivity index (χ4v) is 3.94. The third-order valence-corrected chi connectivity index (χ3v) is 5.61.